The number of ether oxygens (including phenoxy) is 2. The molecule has 2 heterocycles. The molecular formula is C22H29F2N5O2. The van der Waals surface area contributed by atoms with E-state index in [-0.39, 0.29) is 6.04 Å². The maximum Gasteiger partial charge on any atom is 0.218 e. The molecule has 2 N–H and O–H groups in total. The molecular weight excluding hydrogens is 404 g/mol. The maximum atomic E-state index is 14.1. The third-order valence-electron chi connectivity index (χ3n) is 4.91. The lowest BCUT2D eigenvalue weighted by Gasteiger charge is -2.21. The van der Waals surface area contributed by atoms with Crippen LogP contribution in [0.15, 0.2) is 41.5 Å². The van der Waals surface area contributed by atoms with Gasteiger partial charge < -0.3 is 25.0 Å². The molecule has 0 bridgehead atoms. The standard InChI is InChI=1S/C22H29F2N5O2/c1-3-25-22(27-14-16-5-4-9-26-21(16)31-12-11-30-2)28-18-8-10-29(15-18)20-7-6-17(23)13-19(20)24/h4-7,9,13,18H,3,8,10-12,14-15H2,1-2H3,(H2,25,27,28). The zero-order valence-corrected chi connectivity index (χ0v) is 17.9. The van der Waals surface area contributed by atoms with Gasteiger partial charge in [-0.1, -0.05) is 6.07 Å². The second-order valence-electron chi connectivity index (χ2n) is 7.18. The molecule has 9 heteroatoms. The van der Waals surface area contributed by atoms with Gasteiger partial charge in [-0.2, -0.15) is 0 Å². The first kappa shape index (κ1) is 22.7. The number of benzene rings is 1. The number of pyridine rings is 1. The highest BCUT2D eigenvalue weighted by Gasteiger charge is 2.25. The van der Waals surface area contributed by atoms with Crippen molar-refractivity contribution < 1.29 is 18.3 Å². The van der Waals surface area contributed by atoms with Crippen molar-refractivity contribution in [2.45, 2.75) is 25.9 Å². The van der Waals surface area contributed by atoms with Gasteiger partial charge in [-0.25, -0.2) is 18.8 Å². The minimum absolute atomic E-state index is 0.0913. The summed E-state index contributed by atoms with van der Waals surface area (Å²) in [5.74, 6) is 0.0926. The predicted molar refractivity (Wildman–Crippen MR) is 117 cm³/mol. The van der Waals surface area contributed by atoms with Gasteiger partial charge in [-0.05, 0) is 31.5 Å². The van der Waals surface area contributed by atoms with Gasteiger partial charge in [0.15, 0.2) is 5.96 Å². The molecule has 0 radical (unpaired) electrons. The molecule has 0 aliphatic carbocycles. The van der Waals surface area contributed by atoms with Crippen molar-refractivity contribution in [3.8, 4) is 5.88 Å². The fourth-order valence-corrected chi connectivity index (χ4v) is 3.41. The number of methoxy groups -OCH3 is 1. The Hall–Kier alpha value is -2.94. The number of hydrogen-bond donors (Lipinski definition) is 2. The fraction of sp³-hybridized carbons (Fsp3) is 0.455. The van der Waals surface area contributed by atoms with Crippen molar-refractivity contribution in [2.24, 2.45) is 4.99 Å². The number of aliphatic imine (C=N–C) groups is 1. The number of hydrogen-bond acceptors (Lipinski definition) is 5. The summed E-state index contributed by atoms with van der Waals surface area (Å²) >= 11 is 0. The van der Waals surface area contributed by atoms with Crippen LogP contribution in [-0.4, -0.2) is 56.9 Å². The molecule has 1 fully saturated rings. The normalized spacial score (nSPS) is 16.5. The Morgan fingerprint density at radius 3 is 2.94 bits per heavy atom. The van der Waals surface area contributed by atoms with Crippen molar-refractivity contribution in [1.82, 2.24) is 15.6 Å². The summed E-state index contributed by atoms with van der Waals surface area (Å²) in [6.45, 7) is 5.28. The van der Waals surface area contributed by atoms with Crippen LogP contribution in [0.2, 0.25) is 0 Å². The lowest BCUT2D eigenvalue weighted by Crippen LogP contribution is -2.44. The van der Waals surface area contributed by atoms with E-state index in [2.05, 4.69) is 20.6 Å². The maximum absolute atomic E-state index is 14.1. The number of halogens is 2. The van der Waals surface area contributed by atoms with Crippen LogP contribution in [0.5, 0.6) is 5.88 Å². The topological polar surface area (TPSA) is 71.0 Å². The van der Waals surface area contributed by atoms with Crippen LogP contribution < -0.4 is 20.3 Å². The first-order valence-corrected chi connectivity index (χ1v) is 10.4. The summed E-state index contributed by atoms with van der Waals surface area (Å²) in [6.07, 6.45) is 2.50. The molecule has 0 spiro atoms. The number of aromatic nitrogens is 1. The number of nitrogens with one attached hydrogen (secondary N) is 2. The van der Waals surface area contributed by atoms with Crippen LogP contribution in [0, 0.1) is 11.6 Å². The van der Waals surface area contributed by atoms with E-state index in [0.29, 0.717) is 56.9 Å². The summed E-state index contributed by atoms with van der Waals surface area (Å²) in [5, 5.41) is 6.65. The Morgan fingerprint density at radius 2 is 2.16 bits per heavy atom. The summed E-state index contributed by atoms with van der Waals surface area (Å²) < 4.78 is 38.0. The Morgan fingerprint density at radius 1 is 1.29 bits per heavy atom. The molecule has 168 valence electrons. The minimum atomic E-state index is -0.572. The number of guanidine groups is 1. The molecule has 1 aromatic heterocycles. The van der Waals surface area contributed by atoms with Crippen molar-refractivity contribution in [3.05, 3.63) is 53.7 Å². The molecule has 2 aromatic rings. The SMILES string of the molecule is CCNC(=NCc1cccnc1OCCOC)NC1CCN(c2ccc(F)cc2F)C1. The largest absolute Gasteiger partial charge is 0.475 e. The number of anilines is 1. The van der Waals surface area contributed by atoms with E-state index in [1.165, 1.54) is 12.1 Å². The molecule has 1 unspecified atom stereocenters. The Kier molecular flexibility index (Phi) is 8.40. The third kappa shape index (κ3) is 6.52. The second-order valence-corrected chi connectivity index (χ2v) is 7.18. The average molecular weight is 434 g/mol. The van der Waals surface area contributed by atoms with Gasteiger partial charge in [-0.3, -0.25) is 0 Å². The quantitative estimate of drug-likeness (QED) is 0.360. The third-order valence-corrected chi connectivity index (χ3v) is 4.91. The Bertz CT molecular complexity index is 881. The first-order valence-electron chi connectivity index (χ1n) is 10.4. The van der Waals surface area contributed by atoms with E-state index in [1.807, 2.05) is 24.0 Å². The van der Waals surface area contributed by atoms with Crippen LogP contribution >= 0.6 is 0 Å². The van der Waals surface area contributed by atoms with Gasteiger partial charge in [-0.15, -0.1) is 0 Å². The Labute approximate surface area is 181 Å². The molecule has 3 rings (SSSR count). The van der Waals surface area contributed by atoms with E-state index < -0.39 is 11.6 Å². The van der Waals surface area contributed by atoms with Crippen LogP contribution in [0.3, 0.4) is 0 Å². The van der Waals surface area contributed by atoms with Crippen molar-refractivity contribution in [3.63, 3.8) is 0 Å². The number of nitrogens with zero attached hydrogens (tertiary/aromatic N) is 3. The van der Waals surface area contributed by atoms with E-state index in [9.17, 15) is 8.78 Å². The molecule has 1 aliphatic heterocycles. The predicted octanol–water partition coefficient (Wildman–Crippen LogP) is 2.72. The first-order chi connectivity index (χ1) is 15.1. The van der Waals surface area contributed by atoms with Crippen molar-refractivity contribution >= 4 is 11.6 Å². The molecule has 1 aliphatic rings. The molecule has 31 heavy (non-hydrogen) atoms. The van der Waals surface area contributed by atoms with Crippen LogP contribution in [0.1, 0.15) is 18.9 Å². The molecule has 1 aromatic carbocycles. The molecule has 0 saturated carbocycles. The van der Waals surface area contributed by atoms with Gasteiger partial charge in [0.05, 0.1) is 18.8 Å². The highest BCUT2D eigenvalue weighted by atomic mass is 19.1. The summed E-state index contributed by atoms with van der Waals surface area (Å²) in [7, 11) is 1.62. The zero-order chi connectivity index (χ0) is 22.1. The van der Waals surface area contributed by atoms with Crippen molar-refractivity contribution in [2.75, 3.05) is 44.9 Å². The highest BCUT2D eigenvalue weighted by molar-refractivity contribution is 5.80. The summed E-state index contributed by atoms with van der Waals surface area (Å²) in [4.78, 5) is 10.9. The molecule has 0 amide bonds. The van der Waals surface area contributed by atoms with Gasteiger partial charge in [0, 0.05) is 50.6 Å². The monoisotopic (exact) mass is 433 g/mol. The van der Waals surface area contributed by atoms with Gasteiger partial charge in [0.25, 0.3) is 0 Å². The van der Waals surface area contributed by atoms with Crippen LogP contribution in [0.4, 0.5) is 14.5 Å². The highest BCUT2D eigenvalue weighted by Crippen LogP contribution is 2.24. The second kappa shape index (κ2) is 11.5. The molecule has 1 saturated heterocycles. The van der Waals surface area contributed by atoms with E-state index in [4.69, 9.17) is 9.47 Å². The number of rotatable bonds is 9. The van der Waals surface area contributed by atoms with E-state index in [1.54, 1.807) is 13.3 Å². The van der Waals surface area contributed by atoms with Gasteiger partial charge >= 0.3 is 0 Å². The lowest BCUT2D eigenvalue weighted by molar-refractivity contribution is 0.143. The Balaban J connectivity index is 1.62. The van der Waals surface area contributed by atoms with Gasteiger partial charge in [0.1, 0.15) is 18.2 Å². The van der Waals surface area contributed by atoms with Crippen LogP contribution in [-0.2, 0) is 11.3 Å². The van der Waals surface area contributed by atoms with E-state index in [0.717, 1.165) is 18.1 Å². The lowest BCUT2D eigenvalue weighted by atomic mass is 10.2. The average Bonchev–Trinajstić information content (AvgIpc) is 3.21. The molecule has 7 nitrogen and oxygen atoms in total. The smallest absolute Gasteiger partial charge is 0.218 e. The molecule has 1 atom stereocenters. The van der Waals surface area contributed by atoms with Crippen molar-refractivity contribution in [1.29, 1.82) is 0 Å². The summed E-state index contributed by atoms with van der Waals surface area (Å²) in [6, 6.07) is 7.55. The van der Waals surface area contributed by atoms with Crippen LogP contribution in [0.25, 0.3) is 0 Å². The summed E-state index contributed by atoms with van der Waals surface area (Å²) in [5.41, 5.74) is 1.29. The fourth-order valence-electron chi connectivity index (χ4n) is 3.41. The van der Waals surface area contributed by atoms with E-state index >= 15 is 0 Å². The van der Waals surface area contributed by atoms with Gasteiger partial charge in [0.2, 0.25) is 5.88 Å². The minimum Gasteiger partial charge on any atom is -0.475 e. The zero-order valence-electron chi connectivity index (χ0n) is 17.9.